The summed E-state index contributed by atoms with van der Waals surface area (Å²) in [7, 11) is -3.85. The Morgan fingerprint density at radius 3 is 2.12 bits per heavy atom. The molecule has 0 saturated heterocycles. The largest absolute Gasteiger partial charge is 0.354 e. The van der Waals surface area contributed by atoms with Crippen LogP contribution in [0, 0.1) is 11.7 Å². The number of rotatable bonds is 10. The predicted octanol–water partition coefficient (Wildman–Crippen LogP) is 3.54. The maximum absolute atomic E-state index is 13.4. The second kappa shape index (κ2) is 11.6. The minimum atomic E-state index is -3.85. The second-order valence-corrected chi connectivity index (χ2v) is 11.0. The Hall–Kier alpha value is -2.46. The zero-order chi connectivity index (χ0) is 24.8. The summed E-state index contributed by atoms with van der Waals surface area (Å²) < 4.78 is 40.0. The highest BCUT2D eigenvalue weighted by molar-refractivity contribution is 9.10. The summed E-state index contributed by atoms with van der Waals surface area (Å²) >= 11 is 3.37. The minimum absolute atomic E-state index is 0.114. The maximum Gasteiger partial charge on any atom is 0.244 e. The van der Waals surface area contributed by atoms with Gasteiger partial charge in [0.15, 0.2) is 0 Å². The summed E-state index contributed by atoms with van der Waals surface area (Å²) in [5.74, 6) is -1.18. The Morgan fingerprint density at radius 2 is 1.61 bits per heavy atom. The van der Waals surface area contributed by atoms with Gasteiger partial charge < -0.3 is 10.2 Å². The van der Waals surface area contributed by atoms with Gasteiger partial charge in [0.2, 0.25) is 21.8 Å². The van der Waals surface area contributed by atoms with Crippen molar-refractivity contribution in [3.8, 4) is 0 Å². The fourth-order valence-corrected chi connectivity index (χ4v) is 4.16. The molecule has 2 amide bonds. The van der Waals surface area contributed by atoms with E-state index < -0.39 is 34.3 Å². The lowest BCUT2D eigenvalue weighted by molar-refractivity contribution is -0.139. The van der Waals surface area contributed by atoms with Gasteiger partial charge in [-0.05, 0) is 54.8 Å². The van der Waals surface area contributed by atoms with Crippen LogP contribution in [0.3, 0.4) is 0 Å². The number of hydrogen-bond donors (Lipinski definition) is 1. The third-order valence-corrected chi connectivity index (χ3v) is 6.58. The molecule has 2 aromatic rings. The molecule has 1 N–H and O–H groups in total. The molecule has 0 unspecified atom stereocenters. The molecule has 2 rings (SSSR count). The number of hydrogen-bond acceptors (Lipinski definition) is 4. The van der Waals surface area contributed by atoms with Crippen molar-refractivity contribution in [2.45, 2.75) is 33.4 Å². The molecule has 10 heteroatoms. The molecule has 0 aliphatic heterocycles. The molecule has 0 aliphatic rings. The van der Waals surface area contributed by atoms with Crippen LogP contribution in [-0.4, -0.2) is 50.5 Å². The van der Waals surface area contributed by atoms with Crippen LogP contribution >= 0.6 is 15.9 Å². The Kier molecular flexibility index (Phi) is 9.42. The Bertz CT molecular complexity index is 1060. The number of nitrogens with zero attached hydrogens (tertiary/aromatic N) is 2. The maximum atomic E-state index is 13.4. The number of nitrogens with one attached hydrogen (secondary N) is 1. The molecule has 0 radical (unpaired) electrons. The first-order valence-electron chi connectivity index (χ1n) is 10.4. The molecule has 0 fully saturated rings. The van der Waals surface area contributed by atoms with Gasteiger partial charge in [0.05, 0.1) is 11.9 Å². The van der Waals surface area contributed by atoms with Crippen molar-refractivity contribution in [2.75, 3.05) is 23.7 Å². The van der Waals surface area contributed by atoms with Crippen molar-refractivity contribution < 1.29 is 22.4 Å². The summed E-state index contributed by atoms with van der Waals surface area (Å²) in [6, 6.07) is 11.3. The van der Waals surface area contributed by atoms with Crippen molar-refractivity contribution in [3.63, 3.8) is 0 Å². The molecule has 1 atom stereocenters. The molecule has 0 heterocycles. The summed E-state index contributed by atoms with van der Waals surface area (Å²) in [5.41, 5.74) is 0.940. The Labute approximate surface area is 203 Å². The first-order chi connectivity index (χ1) is 15.4. The average Bonchev–Trinajstić information content (AvgIpc) is 2.74. The van der Waals surface area contributed by atoms with Crippen molar-refractivity contribution in [3.05, 3.63) is 64.4 Å². The van der Waals surface area contributed by atoms with Crippen LogP contribution in [0.5, 0.6) is 0 Å². The van der Waals surface area contributed by atoms with Gasteiger partial charge in [-0.1, -0.05) is 41.9 Å². The van der Waals surface area contributed by atoms with E-state index in [4.69, 9.17) is 0 Å². The zero-order valence-corrected chi connectivity index (χ0v) is 21.5. The molecule has 7 nitrogen and oxygen atoms in total. The lowest BCUT2D eigenvalue weighted by atomic mass is 10.1. The number of carbonyl (C=O) groups is 2. The van der Waals surface area contributed by atoms with E-state index in [-0.39, 0.29) is 24.1 Å². The van der Waals surface area contributed by atoms with Gasteiger partial charge in [0.25, 0.3) is 0 Å². The summed E-state index contributed by atoms with van der Waals surface area (Å²) in [4.78, 5) is 27.4. The van der Waals surface area contributed by atoms with Crippen LogP contribution in [0.2, 0.25) is 0 Å². The molecule has 2 aromatic carbocycles. The van der Waals surface area contributed by atoms with Gasteiger partial charge in [0, 0.05) is 17.6 Å². The minimum Gasteiger partial charge on any atom is -0.354 e. The lowest BCUT2D eigenvalue weighted by Gasteiger charge is -2.31. The van der Waals surface area contributed by atoms with E-state index in [2.05, 4.69) is 21.2 Å². The smallest absolute Gasteiger partial charge is 0.244 e. The van der Waals surface area contributed by atoms with E-state index in [9.17, 15) is 22.4 Å². The van der Waals surface area contributed by atoms with Gasteiger partial charge in [-0.25, -0.2) is 12.8 Å². The van der Waals surface area contributed by atoms with E-state index in [1.807, 2.05) is 38.1 Å². The molecule has 0 bridgehead atoms. The number of halogens is 2. The molecule has 0 spiro atoms. The van der Waals surface area contributed by atoms with E-state index in [0.717, 1.165) is 32.7 Å². The van der Waals surface area contributed by atoms with E-state index >= 15 is 0 Å². The summed E-state index contributed by atoms with van der Waals surface area (Å²) in [6.07, 6.45) is 0.974. The van der Waals surface area contributed by atoms with Gasteiger partial charge in [-0.15, -0.1) is 0 Å². The van der Waals surface area contributed by atoms with Gasteiger partial charge in [-0.2, -0.15) is 0 Å². The van der Waals surface area contributed by atoms with Crippen molar-refractivity contribution in [1.29, 1.82) is 0 Å². The number of sulfonamides is 1. The fourth-order valence-electron chi connectivity index (χ4n) is 3.04. The Balaban J connectivity index is 2.34. The summed E-state index contributed by atoms with van der Waals surface area (Å²) in [6.45, 7) is 5.57. The van der Waals surface area contributed by atoms with Crippen molar-refractivity contribution in [2.24, 2.45) is 5.92 Å². The highest BCUT2D eigenvalue weighted by atomic mass is 79.9. The fraction of sp³-hybridized carbons (Fsp3) is 0.391. The number of anilines is 1. The van der Waals surface area contributed by atoms with Gasteiger partial charge >= 0.3 is 0 Å². The van der Waals surface area contributed by atoms with Crippen LogP contribution < -0.4 is 9.62 Å². The average molecular weight is 542 g/mol. The van der Waals surface area contributed by atoms with E-state index in [1.54, 1.807) is 6.92 Å². The SMILES string of the molecule is CC(C)CNC(=O)[C@@H](C)N(Cc1ccc(Br)cc1)C(=O)CN(c1ccc(F)cc1)S(C)(=O)=O. The highest BCUT2D eigenvalue weighted by Gasteiger charge is 2.30. The molecule has 180 valence electrons. The van der Waals surface area contributed by atoms with Crippen LogP contribution in [0.25, 0.3) is 0 Å². The normalized spacial score (nSPS) is 12.3. The molecule has 0 aromatic heterocycles. The van der Waals surface area contributed by atoms with Crippen LogP contribution in [0.4, 0.5) is 10.1 Å². The third-order valence-electron chi connectivity index (χ3n) is 4.91. The third kappa shape index (κ3) is 8.12. The molecular weight excluding hydrogens is 513 g/mol. The molecule has 0 aliphatic carbocycles. The zero-order valence-electron chi connectivity index (χ0n) is 19.1. The quantitative estimate of drug-likeness (QED) is 0.498. The summed E-state index contributed by atoms with van der Waals surface area (Å²) in [5, 5.41) is 2.82. The molecular formula is C23H29BrFN3O4S. The predicted molar refractivity (Wildman–Crippen MR) is 131 cm³/mol. The number of carbonyl (C=O) groups excluding carboxylic acids is 2. The van der Waals surface area contributed by atoms with E-state index in [1.165, 1.54) is 17.0 Å². The van der Waals surface area contributed by atoms with E-state index in [0.29, 0.717) is 6.54 Å². The standard InChI is InChI=1S/C23H29BrFN3O4S/c1-16(2)13-26-23(30)17(3)27(14-18-5-7-19(24)8-6-18)22(29)15-28(33(4,31)32)21-11-9-20(25)10-12-21/h5-12,16-17H,13-15H2,1-4H3,(H,26,30)/t17-/m1/s1. The monoisotopic (exact) mass is 541 g/mol. The van der Waals surface area contributed by atoms with Crippen molar-refractivity contribution >= 4 is 43.5 Å². The lowest BCUT2D eigenvalue weighted by Crippen LogP contribution is -2.51. The Morgan fingerprint density at radius 1 is 1.03 bits per heavy atom. The topological polar surface area (TPSA) is 86.8 Å². The molecule has 0 saturated carbocycles. The number of amides is 2. The first-order valence-corrected chi connectivity index (χ1v) is 13.1. The second-order valence-electron chi connectivity index (χ2n) is 8.21. The van der Waals surface area contributed by atoms with Gasteiger partial charge in [-0.3, -0.25) is 13.9 Å². The first kappa shape index (κ1) is 26.8. The molecule has 33 heavy (non-hydrogen) atoms. The van der Waals surface area contributed by atoms with Crippen LogP contribution in [0.15, 0.2) is 53.0 Å². The van der Waals surface area contributed by atoms with Gasteiger partial charge in [0.1, 0.15) is 18.4 Å². The van der Waals surface area contributed by atoms with Crippen LogP contribution in [-0.2, 0) is 26.2 Å². The number of benzene rings is 2. The van der Waals surface area contributed by atoms with Crippen molar-refractivity contribution in [1.82, 2.24) is 10.2 Å². The van der Waals surface area contributed by atoms with Crippen LogP contribution in [0.1, 0.15) is 26.3 Å². The highest BCUT2D eigenvalue weighted by Crippen LogP contribution is 2.20.